The molecule has 4 rings (SSSR count). The highest BCUT2D eigenvalue weighted by Crippen LogP contribution is 2.26. The lowest BCUT2D eigenvalue weighted by atomic mass is 10.2. The first kappa shape index (κ1) is 23.6. The quantitative estimate of drug-likeness (QED) is 0.228. The summed E-state index contributed by atoms with van der Waals surface area (Å²) < 4.78 is 2.71. The first-order chi connectivity index (χ1) is 16.6. The van der Waals surface area contributed by atoms with Crippen molar-refractivity contribution < 1.29 is 14.7 Å². The molecule has 0 bridgehead atoms. The number of nitrogens with zero attached hydrogens (tertiary/aromatic N) is 4. The molecule has 0 aliphatic rings. The molecular formula is C23H22N6O3S2. The molecule has 2 heterocycles. The van der Waals surface area contributed by atoms with Crippen LogP contribution in [0.4, 0.5) is 5.13 Å². The van der Waals surface area contributed by atoms with Crippen molar-refractivity contribution in [2.45, 2.75) is 17.7 Å². The second-order valence-corrected chi connectivity index (χ2v) is 9.11. The van der Waals surface area contributed by atoms with E-state index in [0.29, 0.717) is 28.2 Å². The molecule has 0 aliphatic heterocycles. The summed E-state index contributed by atoms with van der Waals surface area (Å²) in [6, 6.07) is 15.6. The first-order valence-corrected chi connectivity index (χ1v) is 12.2. The number of allylic oxidation sites excluding steroid dienone is 1. The Hall–Kier alpha value is -3.54. The Balaban J connectivity index is 1.43. The van der Waals surface area contributed by atoms with E-state index in [1.165, 1.54) is 23.1 Å². The number of carbonyl (C=O) groups excluding carboxylic acids is 2. The lowest BCUT2D eigenvalue weighted by Gasteiger charge is -2.17. The maximum absolute atomic E-state index is 12.6. The van der Waals surface area contributed by atoms with Crippen LogP contribution in [0.3, 0.4) is 0 Å². The van der Waals surface area contributed by atoms with E-state index in [-0.39, 0.29) is 24.2 Å². The number of hydrogen-bond donors (Lipinski definition) is 3. The first-order valence-electron chi connectivity index (χ1n) is 10.4. The van der Waals surface area contributed by atoms with E-state index in [4.69, 9.17) is 0 Å². The van der Waals surface area contributed by atoms with Crippen LogP contribution in [0.1, 0.15) is 22.2 Å². The van der Waals surface area contributed by atoms with Gasteiger partial charge in [0.05, 0.1) is 22.6 Å². The van der Waals surface area contributed by atoms with Crippen LogP contribution in [-0.2, 0) is 11.3 Å². The summed E-state index contributed by atoms with van der Waals surface area (Å²) in [4.78, 5) is 29.5. The lowest BCUT2D eigenvalue weighted by molar-refractivity contribution is -0.113. The number of carbonyl (C=O) groups is 2. The van der Waals surface area contributed by atoms with Gasteiger partial charge in [-0.3, -0.25) is 9.59 Å². The number of aromatic nitrogens is 4. The van der Waals surface area contributed by atoms with E-state index in [0.717, 1.165) is 10.2 Å². The number of rotatable bonds is 10. The minimum atomic E-state index is -0.772. The Morgan fingerprint density at radius 2 is 1.91 bits per heavy atom. The summed E-state index contributed by atoms with van der Waals surface area (Å²) in [5, 5.41) is 24.9. The fourth-order valence-electron chi connectivity index (χ4n) is 3.20. The highest BCUT2D eigenvalue weighted by molar-refractivity contribution is 7.99. The van der Waals surface area contributed by atoms with Crippen molar-refractivity contribution in [3.05, 3.63) is 78.6 Å². The molecule has 34 heavy (non-hydrogen) atoms. The van der Waals surface area contributed by atoms with Crippen molar-refractivity contribution >= 4 is 50.3 Å². The number of amides is 2. The predicted molar refractivity (Wildman–Crippen MR) is 133 cm³/mol. The van der Waals surface area contributed by atoms with Crippen LogP contribution < -0.4 is 10.6 Å². The van der Waals surface area contributed by atoms with Gasteiger partial charge in [-0.15, -0.1) is 16.8 Å². The van der Waals surface area contributed by atoms with Gasteiger partial charge in [-0.2, -0.15) is 0 Å². The smallest absolute Gasteiger partial charge is 0.251 e. The second-order valence-electron chi connectivity index (χ2n) is 7.14. The normalized spacial score (nSPS) is 11.8. The molecule has 3 N–H and O–H groups in total. The van der Waals surface area contributed by atoms with E-state index in [2.05, 4.69) is 32.4 Å². The van der Waals surface area contributed by atoms with Crippen LogP contribution in [0.25, 0.3) is 10.2 Å². The Bertz CT molecular complexity index is 1270. The summed E-state index contributed by atoms with van der Waals surface area (Å²) in [7, 11) is 0. The molecular weight excluding hydrogens is 472 g/mol. The maximum Gasteiger partial charge on any atom is 0.251 e. The average Bonchev–Trinajstić information content (AvgIpc) is 3.45. The van der Waals surface area contributed by atoms with Crippen molar-refractivity contribution in [1.29, 1.82) is 0 Å². The Kier molecular flexibility index (Phi) is 7.68. The number of hydrogen-bond acceptors (Lipinski definition) is 8. The third-order valence-corrected chi connectivity index (χ3v) is 6.68. The topological polar surface area (TPSA) is 122 Å². The van der Waals surface area contributed by atoms with Crippen molar-refractivity contribution in [1.82, 2.24) is 25.1 Å². The molecule has 0 saturated heterocycles. The summed E-state index contributed by atoms with van der Waals surface area (Å²) in [5.41, 5.74) is 1.30. The van der Waals surface area contributed by atoms with Crippen LogP contribution in [-0.4, -0.2) is 49.0 Å². The van der Waals surface area contributed by atoms with E-state index in [1.54, 1.807) is 34.9 Å². The molecule has 0 aliphatic carbocycles. The van der Waals surface area contributed by atoms with Gasteiger partial charge in [0.2, 0.25) is 5.91 Å². The van der Waals surface area contributed by atoms with Crippen LogP contribution in [0.2, 0.25) is 0 Å². The van der Waals surface area contributed by atoms with E-state index >= 15 is 0 Å². The molecule has 9 nitrogen and oxygen atoms in total. The van der Waals surface area contributed by atoms with Crippen LogP contribution in [0.15, 0.2) is 72.4 Å². The zero-order chi connectivity index (χ0) is 23.9. The molecule has 0 fully saturated rings. The summed E-state index contributed by atoms with van der Waals surface area (Å²) in [5.74, 6) is -0.0985. The molecule has 0 saturated carbocycles. The summed E-state index contributed by atoms with van der Waals surface area (Å²) in [6.07, 6.45) is 1.66. The zero-order valence-corrected chi connectivity index (χ0v) is 19.7. The average molecular weight is 495 g/mol. The number of thiazole rings is 1. The molecule has 2 aromatic heterocycles. The highest BCUT2D eigenvalue weighted by Gasteiger charge is 2.23. The fraction of sp³-hybridized carbons (Fsp3) is 0.174. The number of fused-ring (bicyclic) bond motifs is 1. The van der Waals surface area contributed by atoms with Gasteiger partial charge in [-0.25, -0.2) is 4.98 Å². The molecule has 2 aromatic carbocycles. The molecule has 174 valence electrons. The SMILES string of the molecule is C=CCn1c(SCC(=O)Nc2nc3ccccc3s2)nnc1[C@@H](CO)NC(=O)c1ccccc1. The minimum absolute atomic E-state index is 0.0887. The van der Waals surface area contributed by atoms with Crippen LogP contribution in [0.5, 0.6) is 0 Å². The van der Waals surface area contributed by atoms with Gasteiger partial charge >= 0.3 is 0 Å². The van der Waals surface area contributed by atoms with Gasteiger partial charge in [-0.1, -0.05) is 59.5 Å². The minimum Gasteiger partial charge on any atom is -0.394 e. The Morgan fingerprint density at radius 1 is 1.15 bits per heavy atom. The Morgan fingerprint density at radius 3 is 2.65 bits per heavy atom. The lowest BCUT2D eigenvalue weighted by Crippen LogP contribution is -2.33. The Labute approximate surface area is 203 Å². The van der Waals surface area contributed by atoms with Gasteiger partial charge in [-0.05, 0) is 24.3 Å². The van der Waals surface area contributed by atoms with E-state index < -0.39 is 6.04 Å². The van der Waals surface area contributed by atoms with Crippen molar-refractivity contribution in [3.8, 4) is 0 Å². The third kappa shape index (κ3) is 5.50. The van der Waals surface area contributed by atoms with Crippen molar-refractivity contribution in [3.63, 3.8) is 0 Å². The molecule has 0 radical (unpaired) electrons. The molecule has 1 atom stereocenters. The number of thioether (sulfide) groups is 1. The largest absolute Gasteiger partial charge is 0.394 e. The predicted octanol–water partition coefficient (Wildman–Crippen LogP) is 3.27. The van der Waals surface area contributed by atoms with Crippen LogP contribution >= 0.6 is 23.1 Å². The van der Waals surface area contributed by atoms with Gasteiger partial charge in [0.1, 0.15) is 6.04 Å². The zero-order valence-electron chi connectivity index (χ0n) is 18.0. The number of anilines is 1. The molecule has 0 spiro atoms. The number of benzene rings is 2. The number of nitrogens with one attached hydrogen (secondary N) is 2. The van der Waals surface area contributed by atoms with Gasteiger partial charge in [0.25, 0.3) is 5.91 Å². The fourth-order valence-corrected chi connectivity index (χ4v) is 4.84. The number of aliphatic hydroxyl groups is 1. The van der Waals surface area contributed by atoms with E-state index in [1.807, 2.05) is 30.3 Å². The second kappa shape index (κ2) is 11.1. The van der Waals surface area contributed by atoms with Crippen molar-refractivity contribution in [2.24, 2.45) is 0 Å². The maximum atomic E-state index is 12.6. The van der Waals surface area contributed by atoms with Crippen LogP contribution in [0, 0.1) is 0 Å². The molecule has 2 amide bonds. The standard InChI is InChI=1S/C23H22N6O3S2/c1-2-12-29-20(17(13-30)24-21(32)15-8-4-3-5-9-15)27-28-23(29)33-14-19(31)26-22-25-16-10-6-7-11-18(16)34-22/h2-11,17,30H,1,12-14H2,(H,24,32)(H,25,26,31)/t17-/m1/s1. The van der Waals surface area contributed by atoms with Gasteiger partial charge in [0.15, 0.2) is 16.1 Å². The summed E-state index contributed by atoms with van der Waals surface area (Å²) >= 11 is 2.60. The summed E-state index contributed by atoms with van der Waals surface area (Å²) in [6.45, 7) is 3.75. The number of aliphatic hydroxyl groups excluding tert-OH is 1. The molecule has 0 unspecified atom stereocenters. The highest BCUT2D eigenvalue weighted by atomic mass is 32.2. The van der Waals surface area contributed by atoms with Gasteiger partial charge < -0.3 is 20.3 Å². The van der Waals surface area contributed by atoms with Gasteiger partial charge in [0, 0.05) is 12.1 Å². The monoisotopic (exact) mass is 494 g/mol. The molecule has 11 heteroatoms. The number of para-hydroxylation sites is 1. The third-order valence-electron chi connectivity index (χ3n) is 4.77. The van der Waals surface area contributed by atoms with E-state index in [9.17, 15) is 14.7 Å². The van der Waals surface area contributed by atoms with Crippen molar-refractivity contribution in [2.75, 3.05) is 17.7 Å². The molecule has 4 aromatic rings.